The van der Waals surface area contributed by atoms with Crippen molar-refractivity contribution in [2.45, 2.75) is 31.8 Å². The van der Waals surface area contributed by atoms with Crippen LogP contribution in [-0.2, 0) is 16.9 Å². The Balaban J connectivity index is 1.55. The van der Waals surface area contributed by atoms with Gasteiger partial charge in [-0.3, -0.25) is 9.48 Å². The first-order chi connectivity index (χ1) is 11.0. The van der Waals surface area contributed by atoms with Crippen LogP contribution in [0.1, 0.15) is 34.9 Å². The molecule has 23 heavy (non-hydrogen) atoms. The molecule has 2 aromatic rings. The lowest BCUT2D eigenvalue weighted by atomic mass is 9.73. The van der Waals surface area contributed by atoms with Gasteiger partial charge in [0.25, 0.3) is 5.89 Å². The van der Waals surface area contributed by atoms with Crippen LogP contribution < -0.4 is 0 Å². The van der Waals surface area contributed by atoms with E-state index < -0.39 is 11.5 Å². The Morgan fingerprint density at radius 2 is 2.26 bits per heavy atom. The number of fused-ring (bicyclic) bond motifs is 1. The van der Waals surface area contributed by atoms with Gasteiger partial charge in [0.15, 0.2) is 5.82 Å². The van der Waals surface area contributed by atoms with E-state index in [9.17, 15) is 9.59 Å². The molecule has 2 aromatic heterocycles. The maximum absolute atomic E-state index is 12.6. The van der Waals surface area contributed by atoms with E-state index in [0.717, 1.165) is 12.8 Å². The Labute approximate surface area is 130 Å². The molecule has 4 heterocycles. The smallest absolute Gasteiger partial charge is 0.338 e. The quantitative estimate of drug-likeness (QED) is 0.869. The predicted octanol–water partition coefficient (Wildman–Crippen LogP) is 0.420. The largest absolute Gasteiger partial charge is 0.478 e. The molecule has 3 fully saturated rings. The molecule has 2 bridgehead atoms. The van der Waals surface area contributed by atoms with E-state index in [1.165, 1.54) is 17.1 Å². The Morgan fingerprint density at radius 3 is 2.87 bits per heavy atom. The zero-order chi connectivity index (χ0) is 16.2. The molecule has 1 N–H and O–H groups in total. The van der Waals surface area contributed by atoms with E-state index in [2.05, 4.69) is 15.2 Å². The number of amides is 1. The first-order valence-corrected chi connectivity index (χ1v) is 7.35. The molecule has 0 spiro atoms. The number of aryl methyl sites for hydroxylation is 1. The Hall–Kier alpha value is -2.71. The summed E-state index contributed by atoms with van der Waals surface area (Å²) in [6, 6.07) is 0. The second kappa shape index (κ2) is 4.64. The number of carbonyl (C=O) groups is 2. The molecule has 9 heteroatoms. The summed E-state index contributed by atoms with van der Waals surface area (Å²) < 4.78 is 6.64. The van der Waals surface area contributed by atoms with Gasteiger partial charge in [-0.2, -0.15) is 10.1 Å². The molecule has 120 valence electrons. The van der Waals surface area contributed by atoms with Crippen LogP contribution in [0.25, 0.3) is 0 Å². The fourth-order valence-corrected chi connectivity index (χ4v) is 3.58. The van der Waals surface area contributed by atoms with Gasteiger partial charge >= 0.3 is 5.97 Å². The number of carboxylic acid groups (broad SMARTS) is 1. The maximum atomic E-state index is 12.6. The van der Waals surface area contributed by atoms with Crippen molar-refractivity contribution in [3.63, 3.8) is 0 Å². The molecule has 0 aromatic carbocycles. The Bertz CT molecular complexity index is 789. The second-order valence-corrected chi connectivity index (χ2v) is 6.19. The number of hydrogen-bond acceptors (Lipinski definition) is 6. The molecule has 5 rings (SSSR count). The average molecular weight is 317 g/mol. The lowest BCUT2D eigenvalue weighted by Gasteiger charge is -2.38. The monoisotopic (exact) mass is 317 g/mol. The van der Waals surface area contributed by atoms with Crippen molar-refractivity contribution in [2.75, 3.05) is 6.54 Å². The maximum Gasteiger partial charge on any atom is 0.338 e. The number of aromatic nitrogens is 4. The standard InChI is InChI=1S/C14H15N5O4/c1-8-16-13(23-17-8)14-2-9(3-14)5-19(14)11(20)7-18-6-10(4-15-18)12(21)22/h4,6,9H,2-3,5,7H2,1H3,(H,21,22). The summed E-state index contributed by atoms with van der Waals surface area (Å²) in [7, 11) is 0. The van der Waals surface area contributed by atoms with E-state index in [0.29, 0.717) is 24.2 Å². The predicted molar refractivity (Wildman–Crippen MR) is 74.3 cm³/mol. The third kappa shape index (κ3) is 2.03. The molecule has 1 saturated carbocycles. The number of nitrogens with zero attached hydrogens (tertiary/aromatic N) is 5. The van der Waals surface area contributed by atoms with E-state index in [-0.39, 0.29) is 18.0 Å². The second-order valence-electron chi connectivity index (χ2n) is 6.19. The van der Waals surface area contributed by atoms with Gasteiger partial charge in [-0.25, -0.2) is 4.79 Å². The lowest BCUT2D eigenvalue weighted by molar-refractivity contribution is -0.137. The highest BCUT2D eigenvalue weighted by molar-refractivity contribution is 5.87. The summed E-state index contributed by atoms with van der Waals surface area (Å²) >= 11 is 0. The van der Waals surface area contributed by atoms with Gasteiger partial charge < -0.3 is 14.5 Å². The van der Waals surface area contributed by atoms with Crippen LogP contribution in [-0.4, -0.2) is 48.3 Å². The van der Waals surface area contributed by atoms with Gasteiger partial charge in [-0.05, 0) is 25.7 Å². The lowest BCUT2D eigenvalue weighted by Crippen LogP contribution is -2.47. The van der Waals surface area contributed by atoms with Crippen LogP contribution in [0.3, 0.4) is 0 Å². The Morgan fingerprint density at radius 1 is 1.48 bits per heavy atom. The van der Waals surface area contributed by atoms with Gasteiger partial charge in [-0.1, -0.05) is 5.16 Å². The summed E-state index contributed by atoms with van der Waals surface area (Å²) in [4.78, 5) is 29.6. The van der Waals surface area contributed by atoms with Crippen molar-refractivity contribution in [3.05, 3.63) is 29.7 Å². The molecular weight excluding hydrogens is 302 g/mol. The highest BCUT2D eigenvalue weighted by Crippen LogP contribution is 2.56. The highest BCUT2D eigenvalue weighted by atomic mass is 16.5. The minimum absolute atomic E-state index is 0.00509. The van der Waals surface area contributed by atoms with Gasteiger partial charge in [0.2, 0.25) is 5.91 Å². The summed E-state index contributed by atoms with van der Waals surface area (Å²) in [5.41, 5.74) is -0.433. The Kier molecular flexibility index (Phi) is 2.81. The summed E-state index contributed by atoms with van der Waals surface area (Å²) in [5.74, 6) is 0.309. The first kappa shape index (κ1) is 13.9. The fraction of sp³-hybridized carbons (Fsp3) is 0.500. The number of hydrogen-bond donors (Lipinski definition) is 1. The molecule has 0 unspecified atom stereocenters. The summed E-state index contributed by atoms with van der Waals surface area (Å²) in [6.07, 6.45) is 4.25. The minimum Gasteiger partial charge on any atom is -0.478 e. The number of aromatic carboxylic acids is 1. The van der Waals surface area contributed by atoms with Crippen molar-refractivity contribution in [1.29, 1.82) is 0 Å². The fourth-order valence-electron chi connectivity index (χ4n) is 3.58. The molecule has 9 nitrogen and oxygen atoms in total. The molecular formula is C14H15N5O4. The van der Waals surface area contributed by atoms with Crippen LogP contribution in [0, 0.1) is 12.8 Å². The summed E-state index contributed by atoms with van der Waals surface area (Å²) in [6.45, 7) is 2.40. The molecule has 1 amide bonds. The zero-order valence-corrected chi connectivity index (χ0v) is 12.5. The number of rotatable bonds is 4. The number of carboxylic acids is 1. The van der Waals surface area contributed by atoms with E-state index in [4.69, 9.17) is 9.63 Å². The van der Waals surface area contributed by atoms with Gasteiger partial charge in [0, 0.05) is 12.7 Å². The van der Waals surface area contributed by atoms with Crippen LogP contribution in [0.5, 0.6) is 0 Å². The van der Waals surface area contributed by atoms with Crippen molar-refractivity contribution in [3.8, 4) is 0 Å². The molecule has 0 atom stereocenters. The topological polar surface area (TPSA) is 114 Å². The van der Waals surface area contributed by atoms with E-state index >= 15 is 0 Å². The molecule has 2 aliphatic heterocycles. The molecule has 3 aliphatic rings. The zero-order valence-electron chi connectivity index (χ0n) is 12.5. The van der Waals surface area contributed by atoms with Crippen molar-refractivity contribution >= 4 is 11.9 Å². The van der Waals surface area contributed by atoms with Crippen LogP contribution >= 0.6 is 0 Å². The molecule has 1 aliphatic carbocycles. The third-order valence-corrected chi connectivity index (χ3v) is 4.61. The van der Waals surface area contributed by atoms with Crippen molar-refractivity contribution in [1.82, 2.24) is 24.8 Å². The van der Waals surface area contributed by atoms with Gasteiger partial charge in [0.05, 0.1) is 11.8 Å². The third-order valence-electron chi connectivity index (χ3n) is 4.61. The van der Waals surface area contributed by atoms with Gasteiger partial charge in [-0.15, -0.1) is 0 Å². The summed E-state index contributed by atoms with van der Waals surface area (Å²) in [5, 5.41) is 16.7. The minimum atomic E-state index is -1.06. The van der Waals surface area contributed by atoms with Crippen LogP contribution in [0.4, 0.5) is 0 Å². The molecule has 0 radical (unpaired) electrons. The number of carbonyl (C=O) groups excluding carboxylic acids is 1. The SMILES string of the molecule is Cc1noc(C23CC(CN2C(=O)Cn2cc(C(=O)O)cn2)C3)n1. The van der Waals surface area contributed by atoms with Gasteiger partial charge in [0.1, 0.15) is 12.1 Å². The normalized spacial score (nSPS) is 25.4. The van der Waals surface area contributed by atoms with E-state index in [1.54, 1.807) is 11.8 Å². The molecule has 2 saturated heterocycles. The highest BCUT2D eigenvalue weighted by Gasteiger charge is 2.61. The van der Waals surface area contributed by atoms with E-state index in [1.807, 2.05) is 0 Å². The van der Waals surface area contributed by atoms with Crippen LogP contribution in [0.15, 0.2) is 16.9 Å². The average Bonchev–Trinajstić information content (AvgIpc) is 3.17. The van der Waals surface area contributed by atoms with Crippen LogP contribution in [0.2, 0.25) is 0 Å². The van der Waals surface area contributed by atoms with Crippen molar-refractivity contribution in [2.24, 2.45) is 5.92 Å². The first-order valence-electron chi connectivity index (χ1n) is 7.35. The van der Waals surface area contributed by atoms with Crippen molar-refractivity contribution < 1.29 is 19.2 Å².